The van der Waals surface area contributed by atoms with E-state index in [2.05, 4.69) is 29.3 Å². The van der Waals surface area contributed by atoms with E-state index >= 15 is 0 Å². The van der Waals surface area contributed by atoms with E-state index in [0.29, 0.717) is 44.6 Å². The van der Waals surface area contributed by atoms with E-state index in [1.54, 1.807) is 11.8 Å². The number of aryl methyl sites for hydroxylation is 1. The number of benzene rings is 1. The first-order valence-electron chi connectivity index (χ1n) is 22.1. The Labute approximate surface area is 359 Å². The molecule has 5 aliphatic rings. The summed E-state index contributed by atoms with van der Waals surface area (Å²) in [6.45, 7) is 19.4. The van der Waals surface area contributed by atoms with Gasteiger partial charge in [0.15, 0.2) is 11.9 Å². The number of fused-ring (bicyclic) bond motifs is 5. The summed E-state index contributed by atoms with van der Waals surface area (Å²) in [5.41, 5.74) is 1.61. The first-order valence-corrected chi connectivity index (χ1v) is 22.1. The lowest BCUT2D eigenvalue weighted by atomic mass is 9.72. The van der Waals surface area contributed by atoms with Crippen LogP contribution in [-0.4, -0.2) is 154 Å². The van der Waals surface area contributed by atoms with Crippen LogP contribution in [0.25, 0.3) is 11.0 Å². The second kappa shape index (κ2) is 18.2. The Morgan fingerprint density at radius 1 is 1.07 bits per heavy atom. The van der Waals surface area contributed by atoms with Crippen molar-refractivity contribution in [2.75, 3.05) is 40.4 Å². The minimum absolute atomic E-state index is 0.0130. The molecular formula is C44H67N7O10. The number of cyclic esters (lactones) is 1. The number of hydrogen-bond acceptors (Lipinski definition) is 15. The molecule has 4 bridgehead atoms. The Morgan fingerprint density at radius 3 is 2.56 bits per heavy atom. The molecule has 0 saturated carbocycles. The van der Waals surface area contributed by atoms with Crippen LogP contribution in [0.5, 0.6) is 0 Å². The molecule has 0 unspecified atom stereocenters. The minimum atomic E-state index is -1.14. The van der Waals surface area contributed by atoms with Gasteiger partial charge in [-0.1, -0.05) is 50.2 Å². The molecule has 1 N–H and O–H groups in total. The number of esters is 1. The van der Waals surface area contributed by atoms with Crippen molar-refractivity contribution in [2.45, 2.75) is 155 Å². The molecule has 1 aromatic carbocycles. The monoisotopic (exact) mass is 853 g/mol. The van der Waals surface area contributed by atoms with Crippen LogP contribution < -0.4 is 0 Å². The Hall–Kier alpha value is -3.74. The van der Waals surface area contributed by atoms with E-state index in [0.717, 1.165) is 22.3 Å². The lowest BCUT2D eigenvalue weighted by molar-refractivity contribution is -0.302. The second-order valence-electron chi connectivity index (χ2n) is 18.5. The molecule has 0 spiro atoms. The van der Waals surface area contributed by atoms with Crippen LogP contribution in [0.1, 0.15) is 87.1 Å². The number of rotatable bonds is 8. The van der Waals surface area contributed by atoms with E-state index in [4.69, 9.17) is 38.3 Å². The quantitative estimate of drug-likeness (QED) is 0.288. The molecule has 17 nitrogen and oxygen atoms in total. The van der Waals surface area contributed by atoms with Crippen LogP contribution >= 0.6 is 0 Å². The molecular weight excluding hydrogens is 787 g/mol. The topological polar surface area (TPSA) is 181 Å². The van der Waals surface area contributed by atoms with Gasteiger partial charge in [0, 0.05) is 42.2 Å². The van der Waals surface area contributed by atoms with Crippen molar-refractivity contribution in [3.05, 3.63) is 23.8 Å². The summed E-state index contributed by atoms with van der Waals surface area (Å²) in [5, 5.41) is 25.0. The molecule has 1 amide bonds. The Morgan fingerprint density at radius 2 is 1.84 bits per heavy atom. The lowest BCUT2D eigenvalue weighted by Gasteiger charge is -2.48. The van der Waals surface area contributed by atoms with Gasteiger partial charge < -0.3 is 43.3 Å². The average molecular weight is 854 g/mol. The second-order valence-corrected chi connectivity index (χ2v) is 18.5. The van der Waals surface area contributed by atoms with Gasteiger partial charge >= 0.3 is 12.1 Å². The van der Waals surface area contributed by atoms with Crippen LogP contribution in [0.2, 0.25) is 0 Å². The molecule has 4 saturated heterocycles. The highest BCUT2D eigenvalue weighted by molar-refractivity contribution is 5.91. The summed E-state index contributed by atoms with van der Waals surface area (Å²) in [4.78, 5) is 43.1. The lowest BCUT2D eigenvalue weighted by Crippen LogP contribution is -2.60. The van der Waals surface area contributed by atoms with Crippen molar-refractivity contribution in [3.63, 3.8) is 0 Å². The van der Waals surface area contributed by atoms with Crippen LogP contribution in [0.4, 0.5) is 4.79 Å². The van der Waals surface area contributed by atoms with Crippen molar-refractivity contribution in [1.29, 1.82) is 0 Å². The predicted molar refractivity (Wildman–Crippen MR) is 226 cm³/mol. The molecule has 338 valence electrons. The Balaban J connectivity index is 1.30. The highest BCUT2D eigenvalue weighted by Crippen LogP contribution is 2.45. The van der Waals surface area contributed by atoms with Crippen molar-refractivity contribution >= 4 is 34.5 Å². The fourth-order valence-corrected chi connectivity index (χ4v) is 10.8. The van der Waals surface area contributed by atoms with Crippen molar-refractivity contribution in [1.82, 2.24) is 24.8 Å². The Kier molecular flexibility index (Phi) is 13.5. The van der Waals surface area contributed by atoms with E-state index in [1.807, 2.05) is 83.4 Å². The number of amides is 1. The summed E-state index contributed by atoms with van der Waals surface area (Å²) in [5.74, 6) is -2.29. The standard InChI is InChI=1S/C44H67N7O10/c1-12-33-44(9)38-26(5)34(45-17-18-50(38)42(54)61-44)24(3)20-43(8)39(60-41-36(52)32(49(10)11)19-25(4)58-41)27(6)37(28(7)40(53)59-33)55-22-30(23-56-43)47-57-21-29-15-14-16-31-35(29)46-48-51(31)13-2/h14-16,24-28,32-33,36-39,41,52H,12-13,17-23H2,1-11H3/b47-30+/t24-,25+,26+,27+,28-,32-,33-,36+,37+,38-,39-,41-,43-,44-/m1/s1. The number of carbonyl (C=O) groups excluding carboxylic acids is 2. The van der Waals surface area contributed by atoms with Crippen LogP contribution in [0, 0.1) is 23.7 Å². The first kappa shape index (κ1) is 45.3. The van der Waals surface area contributed by atoms with Gasteiger partial charge in [-0.3, -0.25) is 14.7 Å². The number of ether oxygens (including phenoxy) is 6. The van der Waals surface area contributed by atoms with Gasteiger partial charge in [-0.25, -0.2) is 9.48 Å². The highest BCUT2D eigenvalue weighted by Gasteiger charge is 2.60. The normalized spacial score (nSPS) is 39.5. The average Bonchev–Trinajstić information content (AvgIpc) is 3.70. The fourth-order valence-electron chi connectivity index (χ4n) is 10.8. The maximum atomic E-state index is 14.6. The number of aliphatic imine (C=N–C) groups is 1. The molecule has 0 aliphatic carbocycles. The van der Waals surface area contributed by atoms with Gasteiger partial charge in [0.1, 0.15) is 30.0 Å². The van der Waals surface area contributed by atoms with Gasteiger partial charge in [-0.15, -0.1) is 5.10 Å². The first-order chi connectivity index (χ1) is 29.0. The van der Waals surface area contributed by atoms with Crippen molar-refractivity contribution in [2.24, 2.45) is 33.8 Å². The predicted octanol–water partition coefficient (Wildman–Crippen LogP) is 4.61. The van der Waals surface area contributed by atoms with Crippen LogP contribution in [-0.2, 0) is 51.2 Å². The van der Waals surface area contributed by atoms with Crippen molar-refractivity contribution in [3.8, 4) is 0 Å². The largest absolute Gasteiger partial charge is 0.458 e. The number of likely N-dealkylation sites (N-methyl/N-ethyl adjacent to an activating group) is 1. The van der Waals surface area contributed by atoms with Crippen LogP contribution in [0.15, 0.2) is 28.3 Å². The summed E-state index contributed by atoms with van der Waals surface area (Å²) in [6.07, 6.45) is -3.50. The molecule has 4 fully saturated rings. The summed E-state index contributed by atoms with van der Waals surface area (Å²) >= 11 is 0. The third kappa shape index (κ3) is 8.66. The van der Waals surface area contributed by atoms with E-state index in [9.17, 15) is 14.7 Å². The summed E-state index contributed by atoms with van der Waals surface area (Å²) in [7, 11) is 3.87. The molecule has 17 heteroatoms. The molecule has 7 rings (SSSR count). The van der Waals surface area contributed by atoms with Crippen LogP contribution in [0.3, 0.4) is 0 Å². The highest BCUT2D eigenvalue weighted by atomic mass is 16.7. The smallest absolute Gasteiger partial charge is 0.410 e. The number of aromatic nitrogens is 3. The summed E-state index contributed by atoms with van der Waals surface area (Å²) in [6, 6.07) is 5.19. The molecule has 2 aromatic rings. The number of hydrogen-bond donors (Lipinski definition) is 1. The maximum absolute atomic E-state index is 14.6. The number of aliphatic hydroxyl groups is 1. The van der Waals surface area contributed by atoms with Gasteiger partial charge in [0.05, 0.1) is 61.1 Å². The third-order valence-electron chi connectivity index (χ3n) is 13.9. The molecule has 0 radical (unpaired) electrons. The van der Waals surface area contributed by atoms with Gasteiger partial charge in [-0.2, -0.15) is 0 Å². The molecule has 1 aromatic heterocycles. The van der Waals surface area contributed by atoms with E-state index in [1.165, 1.54) is 0 Å². The SMILES string of the molecule is CC[C@H]1OC(=O)[C@H](C)[C@H]2OC/C(=N\OCc3cccc4c3nnn4CC)CO[C@](C)(C[C@@H](C)C3=NCCN4C(=O)O[C@@]1(C)[C@H]4[C@H]3C)[C@H](O[C@H]1O[C@@H](C)C[C@@H](N(C)C)[C@@H]1O)[C@H]2C. The third-order valence-corrected chi connectivity index (χ3v) is 13.9. The van der Waals surface area contributed by atoms with E-state index < -0.39 is 71.8 Å². The molecule has 5 aliphatic heterocycles. The van der Waals surface area contributed by atoms with Gasteiger partial charge in [-0.05, 0) is 80.0 Å². The zero-order chi connectivity index (χ0) is 44.0. The van der Waals surface area contributed by atoms with E-state index in [-0.39, 0.29) is 43.8 Å². The van der Waals surface area contributed by atoms with Gasteiger partial charge in [0.25, 0.3) is 0 Å². The number of oxime groups is 1. The minimum Gasteiger partial charge on any atom is -0.458 e. The molecule has 14 atom stereocenters. The maximum Gasteiger partial charge on any atom is 0.410 e. The summed E-state index contributed by atoms with van der Waals surface area (Å²) < 4.78 is 41.8. The Bertz CT molecular complexity index is 1960. The van der Waals surface area contributed by atoms with Gasteiger partial charge in [0.2, 0.25) is 0 Å². The number of carbonyl (C=O) groups is 2. The molecule has 61 heavy (non-hydrogen) atoms. The number of aliphatic hydroxyl groups excluding tert-OH is 1. The zero-order valence-corrected chi connectivity index (χ0v) is 37.8. The fraction of sp³-hybridized carbons (Fsp3) is 0.773. The van der Waals surface area contributed by atoms with Crippen molar-refractivity contribution < 1.29 is 48.0 Å². The zero-order valence-electron chi connectivity index (χ0n) is 37.8. The molecule has 6 heterocycles. The number of nitrogens with zero attached hydrogens (tertiary/aromatic N) is 7.